The lowest BCUT2D eigenvalue weighted by atomic mass is 9.74. The van der Waals surface area contributed by atoms with E-state index in [-0.39, 0.29) is 5.91 Å². The number of hydrogen-bond acceptors (Lipinski definition) is 3. The van der Waals surface area contributed by atoms with Crippen LogP contribution in [0.4, 0.5) is 0 Å². The Kier molecular flexibility index (Phi) is 8.24. The number of nitrogens with one attached hydrogen (secondary N) is 1. The van der Waals surface area contributed by atoms with Crippen LogP contribution in [0.1, 0.15) is 59.4 Å². The van der Waals surface area contributed by atoms with Gasteiger partial charge in [0.1, 0.15) is 0 Å². The topological polar surface area (TPSA) is 45.2 Å². The van der Waals surface area contributed by atoms with Crippen LogP contribution in [0.15, 0.2) is 79.1 Å². The number of carbonyl (C=O) groups is 1. The molecule has 5 rings (SSSR count). The van der Waals surface area contributed by atoms with Crippen LogP contribution in [-0.4, -0.2) is 42.0 Å². The van der Waals surface area contributed by atoms with Crippen molar-refractivity contribution in [2.75, 3.05) is 26.2 Å². The Morgan fingerprint density at radius 1 is 0.917 bits per heavy atom. The zero-order valence-electron chi connectivity index (χ0n) is 21.1. The quantitative estimate of drug-likeness (QED) is 0.336. The molecule has 0 saturated carbocycles. The van der Waals surface area contributed by atoms with E-state index in [1.54, 1.807) is 46.8 Å². The second-order valence-corrected chi connectivity index (χ2v) is 10.2. The third-order valence-corrected chi connectivity index (χ3v) is 7.86. The molecular weight excluding hydrogens is 442 g/mol. The van der Waals surface area contributed by atoms with Gasteiger partial charge in [0.2, 0.25) is 5.91 Å². The molecule has 0 radical (unpaired) electrons. The molecule has 1 aromatic heterocycles. The number of nitrogens with zero attached hydrogens (tertiary/aromatic N) is 2. The van der Waals surface area contributed by atoms with Crippen molar-refractivity contribution in [2.24, 2.45) is 5.92 Å². The molecule has 0 unspecified atom stereocenters. The Morgan fingerprint density at radius 2 is 1.61 bits per heavy atom. The maximum absolute atomic E-state index is 12.0. The molecule has 0 bridgehead atoms. The number of aryl methyl sites for hydroxylation is 2. The molecule has 1 saturated heterocycles. The lowest BCUT2D eigenvalue weighted by Gasteiger charge is -2.37. The molecular formula is C32H37N3O. The highest BCUT2D eigenvalue weighted by molar-refractivity contribution is 5.91. The fourth-order valence-corrected chi connectivity index (χ4v) is 5.96. The number of unbranched alkanes of at least 4 members (excludes halogenated alkanes) is 1. The number of pyridine rings is 1. The Balaban J connectivity index is 1.08. The third kappa shape index (κ3) is 6.11. The van der Waals surface area contributed by atoms with Crippen LogP contribution in [0.5, 0.6) is 0 Å². The molecule has 1 aliphatic heterocycles. The minimum absolute atomic E-state index is 0.0383. The van der Waals surface area contributed by atoms with Crippen LogP contribution >= 0.6 is 0 Å². The number of amides is 1. The molecule has 0 atom stereocenters. The van der Waals surface area contributed by atoms with E-state index in [2.05, 4.69) is 63.7 Å². The Labute approximate surface area is 215 Å². The highest BCUT2D eigenvalue weighted by Gasteiger charge is 2.32. The van der Waals surface area contributed by atoms with E-state index in [9.17, 15) is 4.79 Å². The Bertz CT molecular complexity index is 1120. The van der Waals surface area contributed by atoms with Gasteiger partial charge in [-0.15, -0.1) is 0 Å². The van der Waals surface area contributed by atoms with Gasteiger partial charge in [0.25, 0.3) is 0 Å². The first-order valence-corrected chi connectivity index (χ1v) is 13.5. The zero-order chi connectivity index (χ0) is 24.6. The number of carbonyl (C=O) groups excluding carboxylic acids is 1. The first-order valence-electron chi connectivity index (χ1n) is 13.5. The van der Waals surface area contributed by atoms with Crippen molar-refractivity contribution >= 4 is 12.0 Å². The third-order valence-electron chi connectivity index (χ3n) is 7.86. The van der Waals surface area contributed by atoms with Gasteiger partial charge in [-0.3, -0.25) is 9.78 Å². The van der Waals surface area contributed by atoms with Crippen LogP contribution in [0.25, 0.3) is 6.08 Å². The largest absolute Gasteiger partial charge is 0.353 e. The molecule has 2 heterocycles. The van der Waals surface area contributed by atoms with Crippen LogP contribution in [-0.2, 0) is 17.6 Å². The van der Waals surface area contributed by atoms with Crippen molar-refractivity contribution in [2.45, 2.75) is 44.4 Å². The van der Waals surface area contributed by atoms with Gasteiger partial charge in [-0.05, 0) is 104 Å². The van der Waals surface area contributed by atoms with Gasteiger partial charge in [-0.1, -0.05) is 54.6 Å². The molecule has 1 N–H and O–H groups in total. The smallest absolute Gasteiger partial charge is 0.243 e. The number of likely N-dealkylation sites (tertiary alicyclic amines) is 1. The van der Waals surface area contributed by atoms with Crippen molar-refractivity contribution < 1.29 is 4.79 Å². The predicted molar refractivity (Wildman–Crippen MR) is 147 cm³/mol. The second kappa shape index (κ2) is 12.1. The summed E-state index contributed by atoms with van der Waals surface area (Å²) < 4.78 is 0. The molecule has 2 aliphatic rings. The molecule has 2 aromatic carbocycles. The standard InChI is InChI=1S/C32H37N3O/c36-31(16-13-25-8-7-19-33-24-25)34-20-5-6-21-35-22-17-28(18-23-35)32-29-11-3-1-9-26(29)14-15-27-10-2-4-12-30(27)32/h1-4,7-13,16,19,24,28,32H,5-6,14-15,17-18,20-23H2,(H,34,36). The second-order valence-electron chi connectivity index (χ2n) is 10.2. The highest BCUT2D eigenvalue weighted by Crippen LogP contribution is 2.42. The number of rotatable bonds is 8. The van der Waals surface area contributed by atoms with E-state index in [1.807, 2.05) is 12.1 Å². The first-order chi connectivity index (χ1) is 17.8. The van der Waals surface area contributed by atoms with Crippen molar-refractivity contribution in [1.82, 2.24) is 15.2 Å². The van der Waals surface area contributed by atoms with Crippen molar-refractivity contribution in [1.29, 1.82) is 0 Å². The van der Waals surface area contributed by atoms with E-state index in [1.165, 1.54) is 25.9 Å². The summed E-state index contributed by atoms with van der Waals surface area (Å²) in [6.07, 6.45) is 13.8. The summed E-state index contributed by atoms with van der Waals surface area (Å²) >= 11 is 0. The molecule has 4 heteroatoms. The molecule has 1 fully saturated rings. The Morgan fingerprint density at radius 3 is 2.28 bits per heavy atom. The minimum Gasteiger partial charge on any atom is -0.353 e. The summed E-state index contributed by atoms with van der Waals surface area (Å²) in [7, 11) is 0. The van der Waals surface area contributed by atoms with Gasteiger partial charge in [-0.2, -0.15) is 0 Å². The van der Waals surface area contributed by atoms with Crippen LogP contribution in [0.3, 0.4) is 0 Å². The number of piperidine rings is 1. The van der Waals surface area contributed by atoms with Gasteiger partial charge in [0.15, 0.2) is 0 Å². The first kappa shape index (κ1) is 24.5. The molecule has 0 spiro atoms. The maximum Gasteiger partial charge on any atom is 0.243 e. The van der Waals surface area contributed by atoms with E-state index in [0.717, 1.165) is 44.3 Å². The van der Waals surface area contributed by atoms with Crippen LogP contribution < -0.4 is 5.32 Å². The summed E-state index contributed by atoms with van der Waals surface area (Å²) in [5, 5.41) is 3.00. The zero-order valence-corrected chi connectivity index (χ0v) is 21.1. The predicted octanol–water partition coefficient (Wildman–Crippen LogP) is 5.63. The maximum atomic E-state index is 12.0. The number of fused-ring (bicyclic) bond motifs is 2. The van der Waals surface area contributed by atoms with E-state index >= 15 is 0 Å². The number of benzene rings is 2. The molecule has 3 aromatic rings. The van der Waals surface area contributed by atoms with E-state index in [4.69, 9.17) is 0 Å². The van der Waals surface area contributed by atoms with Crippen LogP contribution in [0.2, 0.25) is 0 Å². The number of hydrogen-bond donors (Lipinski definition) is 1. The molecule has 4 nitrogen and oxygen atoms in total. The SMILES string of the molecule is O=C(C=Cc1cccnc1)NCCCCN1CCC(C2c3ccccc3CCc3ccccc32)CC1. The number of aromatic nitrogens is 1. The monoisotopic (exact) mass is 479 g/mol. The summed E-state index contributed by atoms with van der Waals surface area (Å²) in [5.41, 5.74) is 7.15. The van der Waals surface area contributed by atoms with Gasteiger partial charge in [-0.25, -0.2) is 0 Å². The van der Waals surface area contributed by atoms with Gasteiger partial charge in [0, 0.05) is 30.9 Å². The summed E-state index contributed by atoms with van der Waals surface area (Å²) in [6.45, 7) is 4.19. The van der Waals surface area contributed by atoms with Crippen molar-refractivity contribution in [3.63, 3.8) is 0 Å². The average molecular weight is 480 g/mol. The van der Waals surface area contributed by atoms with Crippen molar-refractivity contribution in [3.05, 3.63) is 107 Å². The Hall–Kier alpha value is -3.24. The molecule has 1 aliphatic carbocycles. The fourth-order valence-electron chi connectivity index (χ4n) is 5.96. The van der Waals surface area contributed by atoms with Gasteiger partial charge in [0.05, 0.1) is 0 Å². The summed E-state index contributed by atoms with van der Waals surface area (Å²) in [5.74, 6) is 1.19. The molecule has 1 amide bonds. The fraction of sp³-hybridized carbons (Fsp3) is 0.375. The van der Waals surface area contributed by atoms with Crippen molar-refractivity contribution in [3.8, 4) is 0 Å². The van der Waals surface area contributed by atoms with Crippen LogP contribution in [0, 0.1) is 5.92 Å². The van der Waals surface area contributed by atoms with E-state index in [0.29, 0.717) is 11.8 Å². The minimum atomic E-state index is -0.0383. The highest BCUT2D eigenvalue weighted by atomic mass is 16.1. The van der Waals surface area contributed by atoms with E-state index < -0.39 is 0 Å². The van der Waals surface area contributed by atoms with Gasteiger partial charge < -0.3 is 10.2 Å². The summed E-state index contributed by atoms with van der Waals surface area (Å²) in [6, 6.07) is 22.1. The lowest BCUT2D eigenvalue weighted by molar-refractivity contribution is -0.116. The average Bonchev–Trinajstić information content (AvgIpc) is 3.10. The molecule has 186 valence electrons. The normalized spacial score (nSPS) is 16.9. The molecule has 36 heavy (non-hydrogen) atoms. The van der Waals surface area contributed by atoms with Gasteiger partial charge >= 0.3 is 0 Å². The lowest BCUT2D eigenvalue weighted by Crippen LogP contribution is -2.37. The summed E-state index contributed by atoms with van der Waals surface area (Å²) in [4.78, 5) is 18.7.